The first-order valence-electron chi connectivity index (χ1n) is 10.1. The van der Waals surface area contributed by atoms with Gasteiger partial charge in [0.05, 0.1) is 27.6 Å². The van der Waals surface area contributed by atoms with Crippen LogP contribution in [0, 0.1) is 13.8 Å². The average molecular weight is 453 g/mol. The van der Waals surface area contributed by atoms with Crippen molar-refractivity contribution in [3.63, 3.8) is 0 Å². The van der Waals surface area contributed by atoms with Gasteiger partial charge >= 0.3 is 0 Å². The Morgan fingerprint density at radius 1 is 0.933 bits per heavy atom. The summed E-state index contributed by atoms with van der Waals surface area (Å²) >= 11 is 0. The number of hydrogen-bond donors (Lipinski definition) is 0. The van der Waals surface area contributed by atoms with Crippen molar-refractivity contribution in [2.45, 2.75) is 61.3 Å². The Morgan fingerprint density at radius 3 is 2.07 bits per heavy atom. The molecule has 1 saturated carbocycles. The first-order valence-corrected chi connectivity index (χ1v) is 13.0. The van der Waals surface area contributed by atoms with Crippen LogP contribution in [0.5, 0.6) is 0 Å². The SMILES string of the molecule is Cc1nn2c(c1C)N(S(=O)(=O)c1ccc(S(=O)(=O)N(C)C)cc1)CC21CCCCC1. The lowest BCUT2D eigenvalue weighted by Crippen LogP contribution is -2.41. The lowest BCUT2D eigenvalue weighted by Gasteiger charge is -2.33. The summed E-state index contributed by atoms with van der Waals surface area (Å²) < 4.78 is 56.4. The Bertz CT molecular complexity index is 1180. The summed E-state index contributed by atoms with van der Waals surface area (Å²) in [6.07, 6.45) is 5.09. The van der Waals surface area contributed by atoms with Crippen molar-refractivity contribution in [1.82, 2.24) is 14.1 Å². The van der Waals surface area contributed by atoms with Gasteiger partial charge in [-0.3, -0.25) is 0 Å². The molecule has 30 heavy (non-hydrogen) atoms. The molecule has 0 bridgehead atoms. The molecule has 8 nitrogen and oxygen atoms in total. The topological polar surface area (TPSA) is 92.6 Å². The van der Waals surface area contributed by atoms with Gasteiger partial charge in [-0.25, -0.2) is 30.1 Å². The summed E-state index contributed by atoms with van der Waals surface area (Å²) in [5.74, 6) is 0.638. The van der Waals surface area contributed by atoms with E-state index in [4.69, 9.17) is 5.10 Å². The maximum absolute atomic E-state index is 13.6. The van der Waals surface area contributed by atoms with Crippen LogP contribution in [0.25, 0.3) is 0 Å². The van der Waals surface area contributed by atoms with Gasteiger partial charge in [-0.1, -0.05) is 19.3 Å². The fraction of sp³-hybridized carbons (Fsp3) is 0.550. The standard InChI is InChI=1S/C20H28N4O4S2/c1-15-16(2)21-24-19(15)23(14-20(24)12-6-5-7-13-20)30(27,28)18-10-8-17(9-11-18)29(25,26)22(3)4/h8-11H,5-7,12-14H2,1-4H3. The molecule has 4 rings (SSSR count). The Kier molecular flexibility index (Phi) is 5.02. The molecule has 2 heterocycles. The maximum atomic E-state index is 13.6. The first-order chi connectivity index (χ1) is 14.0. The Hall–Kier alpha value is -1.91. The highest BCUT2D eigenvalue weighted by atomic mass is 32.2. The van der Waals surface area contributed by atoms with Crippen LogP contribution >= 0.6 is 0 Å². The second-order valence-electron chi connectivity index (χ2n) is 8.50. The number of hydrogen-bond acceptors (Lipinski definition) is 5. The van der Waals surface area contributed by atoms with Crippen molar-refractivity contribution in [3.05, 3.63) is 35.5 Å². The van der Waals surface area contributed by atoms with E-state index in [1.807, 2.05) is 18.5 Å². The minimum atomic E-state index is -3.86. The second-order valence-corrected chi connectivity index (χ2v) is 12.5. The predicted molar refractivity (Wildman–Crippen MR) is 115 cm³/mol. The van der Waals surface area contributed by atoms with E-state index in [-0.39, 0.29) is 15.3 Å². The number of nitrogens with zero attached hydrogens (tertiary/aromatic N) is 4. The van der Waals surface area contributed by atoms with E-state index >= 15 is 0 Å². The van der Waals surface area contributed by atoms with Gasteiger partial charge in [-0.2, -0.15) is 5.10 Å². The zero-order chi connectivity index (χ0) is 21.9. The zero-order valence-electron chi connectivity index (χ0n) is 17.8. The molecule has 2 aromatic rings. The van der Waals surface area contributed by atoms with E-state index in [0.29, 0.717) is 12.4 Å². The van der Waals surface area contributed by atoms with Crippen molar-refractivity contribution in [1.29, 1.82) is 0 Å². The highest BCUT2D eigenvalue weighted by Gasteiger charge is 2.49. The van der Waals surface area contributed by atoms with E-state index in [1.54, 1.807) is 0 Å². The van der Waals surface area contributed by atoms with E-state index in [2.05, 4.69) is 0 Å². The molecule has 0 saturated heterocycles. The fourth-order valence-corrected chi connectivity index (χ4v) is 7.01. The molecule has 1 aromatic carbocycles. The largest absolute Gasteiger partial charge is 0.265 e. The van der Waals surface area contributed by atoms with E-state index in [0.717, 1.165) is 47.7 Å². The first kappa shape index (κ1) is 21.3. The minimum Gasteiger partial charge on any atom is -0.247 e. The van der Waals surface area contributed by atoms with Gasteiger partial charge < -0.3 is 0 Å². The van der Waals surface area contributed by atoms with Crippen LogP contribution in [-0.2, 0) is 25.6 Å². The molecule has 164 valence electrons. The van der Waals surface area contributed by atoms with Gasteiger partial charge in [0.1, 0.15) is 5.82 Å². The lowest BCUT2D eigenvalue weighted by atomic mass is 9.82. The van der Waals surface area contributed by atoms with Crippen molar-refractivity contribution in [2.75, 3.05) is 24.9 Å². The van der Waals surface area contributed by atoms with E-state index in [9.17, 15) is 16.8 Å². The molecule has 0 atom stereocenters. The quantitative estimate of drug-likeness (QED) is 0.711. The van der Waals surface area contributed by atoms with Crippen LogP contribution in [0.15, 0.2) is 34.1 Å². The van der Waals surface area contributed by atoms with Crippen molar-refractivity contribution in [2.24, 2.45) is 0 Å². The van der Waals surface area contributed by atoms with Gasteiger partial charge in [-0.15, -0.1) is 0 Å². The third-order valence-corrected chi connectivity index (χ3v) is 10.0. The van der Waals surface area contributed by atoms with Gasteiger partial charge in [0.15, 0.2) is 0 Å². The smallest absolute Gasteiger partial charge is 0.247 e. The number of sulfonamides is 2. The summed E-state index contributed by atoms with van der Waals surface area (Å²) in [7, 11) is -4.59. The molecule has 1 aliphatic carbocycles. The normalized spacial score (nSPS) is 18.9. The number of rotatable bonds is 4. The van der Waals surface area contributed by atoms with Gasteiger partial charge in [0.25, 0.3) is 10.0 Å². The second kappa shape index (κ2) is 7.06. The van der Waals surface area contributed by atoms with Gasteiger partial charge in [0.2, 0.25) is 10.0 Å². The molecule has 0 unspecified atom stereocenters. The number of anilines is 1. The Balaban J connectivity index is 1.77. The van der Waals surface area contributed by atoms with Crippen molar-refractivity contribution in [3.8, 4) is 0 Å². The van der Waals surface area contributed by atoms with Crippen LogP contribution in [0.1, 0.15) is 43.4 Å². The molecule has 0 radical (unpaired) electrons. The Labute approximate surface area is 178 Å². The molecular weight excluding hydrogens is 424 g/mol. The summed E-state index contributed by atoms with van der Waals surface area (Å²) in [5, 5.41) is 4.72. The third-order valence-electron chi connectivity index (χ3n) is 6.43. The Morgan fingerprint density at radius 2 is 1.50 bits per heavy atom. The van der Waals surface area contributed by atoms with Gasteiger partial charge in [0, 0.05) is 19.7 Å². The zero-order valence-corrected chi connectivity index (χ0v) is 19.4. The molecular formula is C20H28N4O4S2. The van der Waals surface area contributed by atoms with Crippen LogP contribution in [0.2, 0.25) is 0 Å². The highest BCUT2D eigenvalue weighted by molar-refractivity contribution is 7.93. The third kappa shape index (κ3) is 3.07. The van der Waals surface area contributed by atoms with E-state index in [1.165, 1.54) is 42.7 Å². The van der Waals surface area contributed by atoms with Crippen LogP contribution in [-0.4, -0.2) is 51.6 Å². The number of benzene rings is 1. The van der Waals surface area contributed by atoms with Gasteiger partial charge in [-0.05, 0) is 51.0 Å². The molecule has 0 N–H and O–H groups in total. The number of aryl methyl sites for hydroxylation is 1. The van der Waals surface area contributed by atoms with Crippen molar-refractivity contribution >= 4 is 25.9 Å². The monoisotopic (exact) mass is 452 g/mol. The summed E-state index contributed by atoms with van der Waals surface area (Å²) in [6, 6.07) is 5.45. The number of fused-ring (bicyclic) bond motifs is 2. The maximum Gasteiger partial charge on any atom is 0.265 e. The van der Waals surface area contributed by atoms with Crippen LogP contribution < -0.4 is 4.31 Å². The molecule has 1 aliphatic heterocycles. The summed E-state index contributed by atoms with van der Waals surface area (Å²) in [5.41, 5.74) is 1.41. The van der Waals surface area contributed by atoms with Crippen LogP contribution in [0.4, 0.5) is 5.82 Å². The predicted octanol–water partition coefficient (Wildman–Crippen LogP) is 2.62. The summed E-state index contributed by atoms with van der Waals surface area (Å²) in [4.78, 5) is 0.145. The number of aromatic nitrogens is 2. The molecule has 1 fully saturated rings. The highest BCUT2D eigenvalue weighted by Crippen LogP contribution is 2.47. The fourth-order valence-electron chi connectivity index (χ4n) is 4.53. The molecule has 0 amide bonds. The van der Waals surface area contributed by atoms with Crippen molar-refractivity contribution < 1.29 is 16.8 Å². The average Bonchev–Trinajstić information content (AvgIpc) is 3.18. The molecule has 1 aromatic heterocycles. The lowest BCUT2D eigenvalue weighted by molar-refractivity contribution is 0.206. The van der Waals surface area contributed by atoms with E-state index < -0.39 is 20.0 Å². The molecule has 1 spiro atoms. The minimum absolute atomic E-state index is 0.0636. The van der Waals surface area contributed by atoms with Crippen LogP contribution in [0.3, 0.4) is 0 Å². The summed E-state index contributed by atoms with van der Waals surface area (Å²) in [6.45, 7) is 4.19. The molecule has 10 heteroatoms. The molecule has 2 aliphatic rings.